The summed E-state index contributed by atoms with van der Waals surface area (Å²) < 4.78 is 5.53. The third-order valence-corrected chi connectivity index (χ3v) is 1.79. The van der Waals surface area contributed by atoms with Crippen molar-refractivity contribution in [3.05, 3.63) is 29.3 Å². The summed E-state index contributed by atoms with van der Waals surface area (Å²) in [6.07, 6.45) is 0.842. The predicted molar refractivity (Wildman–Crippen MR) is 56.9 cm³/mol. The van der Waals surface area contributed by atoms with Gasteiger partial charge in [0.05, 0.1) is 6.61 Å². The van der Waals surface area contributed by atoms with Crippen LogP contribution in [0.25, 0.3) is 0 Å². The van der Waals surface area contributed by atoms with Gasteiger partial charge in [-0.15, -0.1) is 0 Å². The van der Waals surface area contributed by atoms with E-state index in [1.54, 1.807) is 6.07 Å². The number of rotatable bonds is 4. The molecule has 0 heterocycles. The van der Waals surface area contributed by atoms with Crippen LogP contribution < -0.4 is 4.74 Å². The molecular formula is C12H16O2. The lowest BCUT2D eigenvalue weighted by molar-refractivity contribution is 0.112. The molecule has 0 bridgehead atoms. The lowest BCUT2D eigenvalue weighted by Gasteiger charge is -2.09. The minimum absolute atomic E-state index is 0.496. The molecule has 0 atom stereocenters. The quantitative estimate of drug-likeness (QED) is 0.686. The van der Waals surface area contributed by atoms with E-state index in [1.165, 1.54) is 0 Å². The number of hydrogen-bond acceptors (Lipinski definition) is 2. The zero-order valence-electron chi connectivity index (χ0n) is 8.91. The fraction of sp³-hybridized carbons (Fsp3) is 0.417. The van der Waals surface area contributed by atoms with Crippen LogP contribution in [-0.4, -0.2) is 12.9 Å². The summed E-state index contributed by atoms with van der Waals surface area (Å²) in [5.41, 5.74) is 1.72. The number of aldehydes is 1. The molecule has 0 saturated carbocycles. The summed E-state index contributed by atoms with van der Waals surface area (Å²) in [6, 6.07) is 5.55. The number of benzene rings is 1. The van der Waals surface area contributed by atoms with Crippen LogP contribution in [0.5, 0.6) is 5.75 Å². The predicted octanol–water partition coefficient (Wildman–Crippen LogP) is 2.84. The highest BCUT2D eigenvalue weighted by Crippen LogP contribution is 2.16. The van der Waals surface area contributed by atoms with E-state index >= 15 is 0 Å². The molecule has 0 spiro atoms. The Kier molecular flexibility index (Phi) is 3.69. The fourth-order valence-corrected chi connectivity index (χ4v) is 1.19. The van der Waals surface area contributed by atoms with Crippen LogP contribution in [0.2, 0.25) is 0 Å². The second-order valence-electron chi connectivity index (χ2n) is 3.90. The van der Waals surface area contributed by atoms with Gasteiger partial charge in [0.15, 0.2) is 0 Å². The van der Waals surface area contributed by atoms with Crippen LogP contribution >= 0.6 is 0 Å². The molecule has 0 amide bonds. The summed E-state index contributed by atoms with van der Waals surface area (Å²) in [4.78, 5) is 10.6. The topological polar surface area (TPSA) is 26.3 Å². The lowest BCUT2D eigenvalue weighted by atomic mass is 10.1. The van der Waals surface area contributed by atoms with Crippen LogP contribution in [-0.2, 0) is 0 Å². The molecule has 0 aliphatic heterocycles. The van der Waals surface area contributed by atoms with Gasteiger partial charge in [0.25, 0.3) is 0 Å². The monoisotopic (exact) mass is 192 g/mol. The van der Waals surface area contributed by atoms with Crippen molar-refractivity contribution in [2.45, 2.75) is 20.8 Å². The molecule has 0 N–H and O–H groups in total. The summed E-state index contributed by atoms with van der Waals surface area (Å²) in [5, 5.41) is 0. The normalized spacial score (nSPS) is 10.3. The van der Waals surface area contributed by atoms with Crippen LogP contribution in [0.4, 0.5) is 0 Å². The van der Waals surface area contributed by atoms with Crippen molar-refractivity contribution in [3.8, 4) is 5.75 Å². The second-order valence-corrected chi connectivity index (χ2v) is 3.90. The van der Waals surface area contributed by atoms with E-state index in [9.17, 15) is 4.79 Å². The van der Waals surface area contributed by atoms with Gasteiger partial charge < -0.3 is 4.74 Å². The van der Waals surface area contributed by atoms with Gasteiger partial charge in [0, 0.05) is 5.56 Å². The van der Waals surface area contributed by atoms with Gasteiger partial charge in [-0.05, 0) is 36.6 Å². The molecule has 1 aromatic carbocycles. The van der Waals surface area contributed by atoms with Gasteiger partial charge in [0.1, 0.15) is 12.0 Å². The van der Waals surface area contributed by atoms with Crippen molar-refractivity contribution in [1.82, 2.24) is 0 Å². The maximum atomic E-state index is 10.6. The van der Waals surface area contributed by atoms with Crippen LogP contribution in [0.15, 0.2) is 18.2 Å². The number of carbonyl (C=O) groups is 1. The highest BCUT2D eigenvalue weighted by Gasteiger charge is 2.00. The first kappa shape index (κ1) is 10.8. The molecule has 76 valence electrons. The van der Waals surface area contributed by atoms with Gasteiger partial charge in [-0.3, -0.25) is 4.79 Å². The number of ether oxygens (including phenoxy) is 1. The standard InChI is InChI=1S/C12H16O2/c1-9(2)8-14-12-5-10(3)4-11(6-12)7-13/h4-7,9H,8H2,1-3H3. The summed E-state index contributed by atoms with van der Waals surface area (Å²) in [6.45, 7) is 6.82. The van der Waals surface area contributed by atoms with Crippen LogP contribution in [0, 0.1) is 12.8 Å². The Morgan fingerprint density at radius 3 is 2.64 bits per heavy atom. The SMILES string of the molecule is Cc1cc(C=O)cc(OCC(C)C)c1. The molecule has 0 fully saturated rings. The van der Waals surface area contributed by atoms with Crippen molar-refractivity contribution < 1.29 is 9.53 Å². The molecule has 0 aliphatic carbocycles. The number of hydrogen-bond donors (Lipinski definition) is 0. The van der Waals surface area contributed by atoms with Gasteiger partial charge in [-0.1, -0.05) is 13.8 Å². The van der Waals surface area contributed by atoms with E-state index in [0.29, 0.717) is 18.1 Å². The molecule has 2 nitrogen and oxygen atoms in total. The van der Waals surface area contributed by atoms with E-state index in [4.69, 9.17) is 4.74 Å². The Bertz CT molecular complexity index is 316. The average molecular weight is 192 g/mol. The minimum Gasteiger partial charge on any atom is -0.493 e. The van der Waals surface area contributed by atoms with E-state index in [2.05, 4.69) is 13.8 Å². The third-order valence-electron chi connectivity index (χ3n) is 1.79. The first-order valence-electron chi connectivity index (χ1n) is 4.81. The van der Waals surface area contributed by atoms with Crippen molar-refractivity contribution >= 4 is 6.29 Å². The summed E-state index contributed by atoms with van der Waals surface area (Å²) in [7, 11) is 0. The molecule has 1 rings (SSSR count). The van der Waals surface area contributed by atoms with Crippen LogP contribution in [0.3, 0.4) is 0 Å². The van der Waals surface area contributed by atoms with Crippen molar-refractivity contribution in [2.24, 2.45) is 5.92 Å². The lowest BCUT2D eigenvalue weighted by Crippen LogP contribution is -2.04. The van der Waals surface area contributed by atoms with Gasteiger partial charge in [0.2, 0.25) is 0 Å². The minimum atomic E-state index is 0.496. The van der Waals surface area contributed by atoms with Crippen molar-refractivity contribution in [1.29, 1.82) is 0 Å². The first-order chi connectivity index (χ1) is 6.61. The average Bonchev–Trinajstić information content (AvgIpc) is 2.14. The Morgan fingerprint density at radius 1 is 1.36 bits per heavy atom. The van der Waals surface area contributed by atoms with E-state index in [0.717, 1.165) is 17.6 Å². The molecule has 0 saturated heterocycles. The highest BCUT2D eigenvalue weighted by molar-refractivity contribution is 5.76. The summed E-state index contributed by atoms with van der Waals surface area (Å²) >= 11 is 0. The third kappa shape index (κ3) is 3.21. The van der Waals surface area contributed by atoms with Crippen LogP contribution in [0.1, 0.15) is 29.8 Å². The molecule has 0 unspecified atom stereocenters. The fourth-order valence-electron chi connectivity index (χ4n) is 1.19. The zero-order valence-corrected chi connectivity index (χ0v) is 8.91. The van der Waals surface area contributed by atoms with Crippen molar-refractivity contribution in [2.75, 3.05) is 6.61 Å². The largest absolute Gasteiger partial charge is 0.493 e. The van der Waals surface area contributed by atoms with Gasteiger partial charge in [-0.25, -0.2) is 0 Å². The molecule has 0 aliphatic rings. The molecule has 14 heavy (non-hydrogen) atoms. The molecule has 0 aromatic heterocycles. The van der Waals surface area contributed by atoms with E-state index in [1.807, 2.05) is 19.1 Å². The Balaban J connectivity index is 2.76. The number of carbonyl (C=O) groups excluding carboxylic acids is 1. The summed E-state index contributed by atoms with van der Waals surface area (Å²) in [5.74, 6) is 1.27. The smallest absolute Gasteiger partial charge is 0.150 e. The second kappa shape index (κ2) is 4.80. The first-order valence-corrected chi connectivity index (χ1v) is 4.81. The number of aryl methyl sites for hydroxylation is 1. The molecule has 1 aromatic rings. The Morgan fingerprint density at radius 2 is 2.07 bits per heavy atom. The van der Waals surface area contributed by atoms with Crippen molar-refractivity contribution in [3.63, 3.8) is 0 Å². The molecule has 2 heteroatoms. The molecule has 0 radical (unpaired) electrons. The Hall–Kier alpha value is -1.31. The maximum absolute atomic E-state index is 10.6. The Labute approximate surface area is 84.9 Å². The van der Waals surface area contributed by atoms with E-state index in [-0.39, 0.29) is 0 Å². The maximum Gasteiger partial charge on any atom is 0.150 e. The van der Waals surface area contributed by atoms with Gasteiger partial charge in [-0.2, -0.15) is 0 Å². The highest BCUT2D eigenvalue weighted by atomic mass is 16.5. The zero-order chi connectivity index (χ0) is 10.6. The van der Waals surface area contributed by atoms with Gasteiger partial charge >= 0.3 is 0 Å². The molecular weight excluding hydrogens is 176 g/mol. The van der Waals surface area contributed by atoms with E-state index < -0.39 is 0 Å².